The van der Waals surface area contributed by atoms with Gasteiger partial charge in [-0.2, -0.15) is 0 Å². The van der Waals surface area contributed by atoms with Crippen LogP contribution < -0.4 is 5.32 Å². The molecule has 2 amide bonds. The van der Waals surface area contributed by atoms with Crippen molar-refractivity contribution in [3.63, 3.8) is 0 Å². The Morgan fingerprint density at radius 1 is 1.30 bits per heavy atom. The second-order valence-electron chi connectivity index (χ2n) is 4.95. The molecule has 2 N–H and O–H groups in total. The maximum Gasteiger partial charge on any atom is 0.270 e. The molecule has 0 fully saturated rings. The molecule has 7 heteroatoms. The van der Waals surface area contributed by atoms with Crippen molar-refractivity contribution in [2.24, 2.45) is 0 Å². The fourth-order valence-electron chi connectivity index (χ4n) is 2.02. The first kappa shape index (κ1) is 17.0. The molecule has 1 aromatic carbocycles. The fourth-order valence-corrected chi connectivity index (χ4v) is 2.18. The minimum Gasteiger partial charge on any atom is -0.356 e. The van der Waals surface area contributed by atoms with Gasteiger partial charge in [-0.3, -0.25) is 9.59 Å². The highest BCUT2D eigenvalue weighted by atomic mass is 35.5. The minimum atomic E-state index is -0.326. The topological polar surface area (TPSA) is 65.2 Å². The van der Waals surface area contributed by atoms with Gasteiger partial charge in [0, 0.05) is 19.3 Å². The molecule has 0 spiro atoms. The molecule has 0 unspecified atom stereocenters. The lowest BCUT2D eigenvalue weighted by atomic mass is 10.2. The standard InChI is InChI=1S/C16H17ClFN3O2/c1-2-21(16(23)14-7-12(17)9-19-14)10-15(22)20-8-11-3-5-13(18)6-4-11/h3-7,9,19H,2,8,10H2,1H3,(H,20,22). The van der Waals surface area contributed by atoms with Crippen LogP contribution in [0, 0.1) is 5.82 Å². The van der Waals surface area contributed by atoms with Crippen molar-refractivity contribution >= 4 is 23.4 Å². The van der Waals surface area contributed by atoms with E-state index in [-0.39, 0.29) is 30.7 Å². The molecule has 1 heterocycles. The quantitative estimate of drug-likeness (QED) is 0.851. The predicted molar refractivity (Wildman–Crippen MR) is 85.6 cm³/mol. The van der Waals surface area contributed by atoms with Crippen LogP contribution in [0.3, 0.4) is 0 Å². The number of carbonyl (C=O) groups is 2. The number of halogens is 2. The van der Waals surface area contributed by atoms with Gasteiger partial charge in [0.15, 0.2) is 0 Å². The summed E-state index contributed by atoms with van der Waals surface area (Å²) in [6, 6.07) is 7.37. The van der Waals surface area contributed by atoms with Crippen LogP contribution >= 0.6 is 11.6 Å². The van der Waals surface area contributed by atoms with Crippen molar-refractivity contribution in [1.82, 2.24) is 15.2 Å². The first-order chi connectivity index (χ1) is 11.0. The lowest BCUT2D eigenvalue weighted by Gasteiger charge is -2.19. The van der Waals surface area contributed by atoms with Crippen LogP contribution in [0.2, 0.25) is 5.02 Å². The number of rotatable bonds is 6. The largest absolute Gasteiger partial charge is 0.356 e. The highest BCUT2D eigenvalue weighted by molar-refractivity contribution is 6.30. The number of benzene rings is 1. The van der Waals surface area contributed by atoms with Gasteiger partial charge in [-0.05, 0) is 30.7 Å². The third kappa shape index (κ3) is 4.82. The molecule has 2 rings (SSSR count). The van der Waals surface area contributed by atoms with Gasteiger partial charge >= 0.3 is 0 Å². The highest BCUT2D eigenvalue weighted by Gasteiger charge is 2.18. The molecule has 1 aromatic heterocycles. The van der Waals surface area contributed by atoms with E-state index in [0.29, 0.717) is 17.3 Å². The van der Waals surface area contributed by atoms with Gasteiger partial charge in [0.1, 0.15) is 11.5 Å². The Kier molecular flexibility index (Phi) is 5.76. The lowest BCUT2D eigenvalue weighted by molar-refractivity contribution is -0.121. The maximum atomic E-state index is 12.8. The first-order valence-electron chi connectivity index (χ1n) is 7.14. The van der Waals surface area contributed by atoms with E-state index < -0.39 is 0 Å². The summed E-state index contributed by atoms with van der Waals surface area (Å²) in [6.45, 7) is 2.39. The van der Waals surface area contributed by atoms with Crippen LogP contribution in [0.4, 0.5) is 4.39 Å². The molecule has 122 valence electrons. The number of nitrogens with one attached hydrogen (secondary N) is 2. The van der Waals surface area contributed by atoms with Crippen LogP contribution in [0.15, 0.2) is 36.5 Å². The first-order valence-corrected chi connectivity index (χ1v) is 7.51. The molecule has 0 aliphatic carbocycles. The molecule has 5 nitrogen and oxygen atoms in total. The Labute approximate surface area is 138 Å². The summed E-state index contributed by atoms with van der Waals surface area (Å²) in [5.74, 6) is -0.911. The van der Waals surface area contributed by atoms with Crippen LogP contribution in [0.1, 0.15) is 23.0 Å². The number of hydrogen-bond acceptors (Lipinski definition) is 2. The summed E-state index contributed by atoms with van der Waals surface area (Å²) in [7, 11) is 0. The minimum absolute atomic E-state index is 0.0623. The summed E-state index contributed by atoms with van der Waals surface area (Å²) in [5.41, 5.74) is 1.12. The average molecular weight is 338 g/mol. The fraction of sp³-hybridized carbons (Fsp3) is 0.250. The van der Waals surface area contributed by atoms with Gasteiger partial charge in [-0.25, -0.2) is 4.39 Å². The number of aromatic nitrogens is 1. The zero-order valence-corrected chi connectivity index (χ0v) is 13.4. The van der Waals surface area contributed by atoms with Gasteiger partial charge < -0.3 is 15.2 Å². The third-order valence-electron chi connectivity index (χ3n) is 3.28. The Morgan fingerprint density at radius 2 is 2.00 bits per heavy atom. The summed E-state index contributed by atoms with van der Waals surface area (Å²) in [6.07, 6.45) is 1.51. The SMILES string of the molecule is CCN(CC(=O)NCc1ccc(F)cc1)C(=O)c1cc(Cl)c[nH]1. The molecule has 0 saturated heterocycles. The average Bonchev–Trinajstić information content (AvgIpc) is 2.98. The maximum absolute atomic E-state index is 12.8. The van der Waals surface area contributed by atoms with Crippen LogP contribution in [-0.4, -0.2) is 34.8 Å². The van der Waals surface area contributed by atoms with Crippen LogP contribution in [0.5, 0.6) is 0 Å². The summed E-state index contributed by atoms with van der Waals surface area (Å²) >= 11 is 5.78. The number of aromatic amines is 1. The number of likely N-dealkylation sites (N-methyl/N-ethyl adjacent to an activating group) is 1. The van der Waals surface area contributed by atoms with E-state index in [0.717, 1.165) is 5.56 Å². The molecule has 23 heavy (non-hydrogen) atoms. The highest BCUT2D eigenvalue weighted by Crippen LogP contribution is 2.11. The zero-order valence-electron chi connectivity index (χ0n) is 12.6. The summed E-state index contributed by atoms with van der Waals surface area (Å²) < 4.78 is 12.8. The number of H-pyrrole nitrogens is 1. The van der Waals surface area contributed by atoms with Crippen molar-refractivity contribution < 1.29 is 14.0 Å². The van der Waals surface area contributed by atoms with Crippen molar-refractivity contribution in [3.05, 3.63) is 58.6 Å². The number of amides is 2. The van der Waals surface area contributed by atoms with E-state index in [4.69, 9.17) is 11.6 Å². The van der Waals surface area contributed by atoms with Crippen LogP contribution in [0.25, 0.3) is 0 Å². The van der Waals surface area contributed by atoms with Crippen molar-refractivity contribution in [2.75, 3.05) is 13.1 Å². The number of hydrogen-bond donors (Lipinski definition) is 2. The van der Waals surface area contributed by atoms with Gasteiger partial charge in [0.25, 0.3) is 5.91 Å². The van der Waals surface area contributed by atoms with Gasteiger partial charge in [-0.1, -0.05) is 23.7 Å². The Balaban J connectivity index is 1.89. The van der Waals surface area contributed by atoms with Crippen molar-refractivity contribution in [2.45, 2.75) is 13.5 Å². The predicted octanol–water partition coefficient (Wildman–Crippen LogP) is 2.59. The second-order valence-corrected chi connectivity index (χ2v) is 5.39. The molecule has 0 atom stereocenters. The van der Waals surface area contributed by atoms with E-state index >= 15 is 0 Å². The molecule has 0 radical (unpaired) electrons. The van der Waals surface area contributed by atoms with Crippen molar-refractivity contribution in [1.29, 1.82) is 0 Å². The number of carbonyl (C=O) groups excluding carboxylic acids is 2. The molecule has 0 aliphatic rings. The number of nitrogens with zero attached hydrogens (tertiary/aromatic N) is 1. The van der Waals surface area contributed by atoms with E-state index in [1.807, 2.05) is 0 Å². The molecule has 0 bridgehead atoms. The molecule has 2 aromatic rings. The monoisotopic (exact) mass is 337 g/mol. The molecular formula is C16H17ClFN3O2. The molecule has 0 saturated carbocycles. The van der Waals surface area contributed by atoms with E-state index in [2.05, 4.69) is 10.3 Å². The second kappa shape index (κ2) is 7.78. The van der Waals surface area contributed by atoms with E-state index in [1.54, 1.807) is 19.1 Å². The molecule has 0 aliphatic heterocycles. The smallest absolute Gasteiger partial charge is 0.270 e. The van der Waals surface area contributed by atoms with Gasteiger partial charge in [0.05, 0.1) is 11.6 Å². The Morgan fingerprint density at radius 3 is 2.57 bits per heavy atom. The third-order valence-corrected chi connectivity index (χ3v) is 3.50. The summed E-state index contributed by atoms with van der Waals surface area (Å²) in [4.78, 5) is 28.4. The molecular weight excluding hydrogens is 321 g/mol. The Hall–Kier alpha value is -2.34. The zero-order chi connectivity index (χ0) is 16.8. The van der Waals surface area contributed by atoms with E-state index in [1.165, 1.54) is 29.3 Å². The normalized spacial score (nSPS) is 10.4. The van der Waals surface area contributed by atoms with E-state index in [9.17, 15) is 14.0 Å². The van der Waals surface area contributed by atoms with Gasteiger partial charge in [-0.15, -0.1) is 0 Å². The van der Waals surface area contributed by atoms with Crippen LogP contribution in [-0.2, 0) is 11.3 Å². The van der Waals surface area contributed by atoms with Crippen molar-refractivity contribution in [3.8, 4) is 0 Å². The Bertz CT molecular complexity index is 685. The summed E-state index contributed by atoms with van der Waals surface area (Å²) in [5, 5.41) is 3.14. The lowest BCUT2D eigenvalue weighted by Crippen LogP contribution is -2.40. The van der Waals surface area contributed by atoms with Gasteiger partial charge in [0.2, 0.25) is 5.91 Å².